The lowest BCUT2D eigenvalue weighted by Crippen LogP contribution is -2.50. The predicted octanol–water partition coefficient (Wildman–Crippen LogP) is 1.74. The monoisotopic (exact) mass is 464 g/mol. The zero-order chi connectivity index (χ0) is 24.7. The van der Waals surface area contributed by atoms with Gasteiger partial charge in [-0.3, -0.25) is 14.4 Å². The van der Waals surface area contributed by atoms with Gasteiger partial charge in [-0.05, 0) is 38.3 Å². The second-order valence-corrected chi connectivity index (χ2v) is 8.62. The van der Waals surface area contributed by atoms with E-state index in [0.29, 0.717) is 25.2 Å². The van der Waals surface area contributed by atoms with Crippen molar-refractivity contribution in [3.8, 4) is 5.75 Å². The SMILES string of the molecule is CC(C)CCC[C@H]1C(=O)O[C@H](C)[C@H](NC(=O)c2cccc(NC=O)c2O)C(=O)O[C@@H](C)[C@@H]1O. The predicted molar refractivity (Wildman–Crippen MR) is 118 cm³/mol. The van der Waals surface area contributed by atoms with Gasteiger partial charge in [0.15, 0.2) is 11.8 Å². The first-order valence-corrected chi connectivity index (χ1v) is 11.0. The lowest BCUT2D eigenvalue weighted by Gasteiger charge is -2.25. The second-order valence-electron chi connectivity index (χ2n) is 8.62. The van der Waals surface area contributed by atoms with Gasteiger partial charge >= 0.3 is 11.9 Å². The van der Waals surface area contributed by atoms with Crippen molar-refractivity contribution in [3.63, 3.8) is 0 Å². The van der Waals surface area contributed by atoms with Crippen molar-refractivity contribution in [1.29, 1.82) is 0 Å². The molecule has 1 heterocycles. The van der Waals surface area contributed by atoms with Crippen molar-refractivity contribution in [1.82, 2.24) is 5.32 Å². The number of anilines is 1. The van der Waals surface area contributed by atoms with Gasteiger partial charge in [0.1, 0.15) is 18.3 Å². The molecule has 2 rings (SSSR count). The number of carbonyl (C=O) groups excluding carboxylic acids is 4. The van der Waals surface area contributed by atoms with Crippen molar-refractivity contribution in [2.45, 2.75) is 71.3 Å². The number of hydrogen-bond donors (Lipinski definition) is 4. The molecule has 182 valence electrons. The molecule has 1 aliphatic rings. The maximum absolute atomic E-state index is 12.8. The first kappa shape index (κ1) is 26.1. The van der Waals surface area contributed by atoms with Crippen LogP contribution in [0.2, 0.25) is 0 Å². The van der Waals surface area contributed by atoms with E-state index in [1.54, 1.807) is 0 Å². The number of aliphatic hydroxyl groups is 1. The van der Waals surface area contributed by atoms with Crippen molar-refractivity contribution < 1.29 is 38.9 Å². The highest BCUT2D eigenvalue weighted by molar-refractivity contribution is 6.01. The quantitative estimate of drug-likeness (QED) is 0.258. The number of carbonyl (C=O) groups is 4. The molecular weight excluding hydrogens is 432 g/mol. The van der Waals surface area contributed by atoms with Crippen molar-refractivity contribution in [3.05, 3.63) is 23.8 Å². The van der Waals surface area contributed by atoms with E-state index in [0.717, 1.165) is 6.42 Å². The Balaban J connectivity index is 2.23. The van der Waals surface area contributed by atoms with Crippen molar-refractivity contribution >= 4 is 29.9 Å². The molecule has 10 nitrogen and oxygen atoms in total. The topological polar surface area (TPSA) is 151 Å². The van der Waals surface area contributed by atoms with Crippen LogP contribution in [0, 0.1) is 11.8 Å². The van der Waals surface area contributed by atoms with Crippen LogP contribution in [0.3, 0.4) is 0 Å². The molecule has 10 heteroatoms. The first-order chi connectivity index (χ1) is 15.6. The van der Waals surface area contributed by atoms with Crippen LogP contribution < -0.4 is 10.6 Å². The highest BCUT2D eigenvalue weighted by Crippen LogP contribution is 2.28. The summed E-state index contributed by atoms with van der Waals surface area (Å²) in [7, 11) is 0. The van der Waals surface area contributed by atoms with E-state index in [1.807, 2.05) is 0 Å². The van der Waals surface area contributed by atoms with E-state index in [1.165, 1.54) is 32.0 Å². The van der Waals surface area contributed by atoms with Crippen LogP contribution in [0.1, 0.15) is 57.3 Å². The third kappa shape index (κ3) is 6.67. The molecule has 0 aliphatic carbocycles. The molecule has 0 bridgehead atoms. The fraction of sp³-hybridized carbons (Fsp3) is 0.565. The number of hydrogen-bond acceptors (Lipinski definition) is 8. The Labute approximate surface area is 192 Å². The van der Waals surface area contributed by atoms with Crippen LogP contribution >= 0.6 is 0 Å². The molecule has 33 heavy (non-hydrogen) atoms. The van der Waals surface area contributed by atoms with E-state index >= 15 is 0 Å². The summed E-state index contributed by atoms with van der Waals surface area (Å²) in [6, 6.07) is 2.75. The highest BCUT2D eigenvalue weighted by atomic mass is 16.6. The summed E-state index contributed by atoms with van der Waals surface area (Å²) in [5.41, 5.74) is -0.192. The summed E-state index contributed by atoms with van der Waals surface area (Å²) >= 11 is 0. The average molecular weight is 465 g/mol. The van der Waals surface area contributed by atoms with Gasteiger partial charge in [-0.15, -0.1) is 0 Å². The average Bonchev–Trinajstić information content (AvgIpc) is 2.77. The van der Waals surface area contributed by atoms with E-state index in [2.05, 4.69) is 24.5 Å². The maximum atomic E-state index is 12.8. The van der Waals surface area contributed by atoms with Crippen molar-refractivity contribution in [2.24, 2.45) is 11.8 Å². The Bertz CT molecular complexity index is 872. The van der Waals surface area contributed by atoms with Gasteiger partial charge in [-0.1, -0.05) is 32.8 Å². The number of ether oxygens (including phenoxy) is 2. The standard InChI is InChI=1S/C23H32N2O8/c1-12(2)7-5-9-16-19(27)14(4)33-23(31)18(13(3)32-22(16)30)25-21(29)15-8-6-10-17(20(15)28)24-11-26/h6,8,10-14,16,18-19,27-28H,5,7,9H2,1-4H3,(H,24,26)(H,25,29)/t13-,14+,16-,18+,19+/m1/s1. The van der Waals surface area contributed by atoms with Crippen LogP contribution in [0.25, 0.3) is 0 Å². The number of esters is 2. The first-order valence-electron chi connectivity index (χ1n) is 11.0. The van der Waals surface area contributed by atoms with Gasteiger partial charge in [0.25, 0.3) is 5.91 Å². The summed E-state index contributed by atoms with van der Waals surface area (Å²) in [5, 5.41) is 25.6. The maximum Gasteiger partial charge on any atom is 0.332 e. The third-order valence-corrected chi connectivity index (χ3v) is 5.60. The lowest BCUT2D eigenvalue weighted by molar-refractivity contribution is -0.160. The summed E-state index contributed by atoms with van der Waals surface area (Å²) < 4.78 is 10.8. The molecule has 2 amide bonds. The zero-order valence-electron chi connectivity index (χ0n) is 19.2. The van der Waals surface area contributed by atoms with E-state index in [9.17, 15) is 29.4 Å². The molecule has 0 spiro atoms. The number of amides is 2. The largest absolute Gasteiger partial charge is 0.505 e. The molecule has 1 aromatic carbocycles. The number of aromatic hydroxyl groups is 1. The van der Waals surface area contributed by atoms with Crippen LogP contribution in [-0.4, -0.2) is 58.8 Å². The summed E-state index contributed by atoms with van der Waals surface area (Å²) in [5.74, 6) is -3.34. The zero-order valence-corrected chi connectivity index (χ0v) is 19.2. The van der Waals surface area contributed by atoms with Gasteiger partial charge in [-0.25, -0.2) is 4.79 Å². The smallest absolute Gasteiger partial charge is 0.332 e. The molecule has 0 aromatic heterocycles. The molecule has 1 aliphatic heterocycles. The fourth-order valence-corrected chi connectivity index (χ4v) is 3.66. The minimum atomic E-state index is -1.38. The van der Waals surface area contributed by atoms with E-state index in [-0.39, 0.29) is 11.3 Å². The van der Waals surface area contributed by atoms with Gasteiger partial charge in [-0.2, -0.15) is 0 Å². The Morgan fingerprint density at radius 2 is 1.82 bits per heavy atom. The molecule has 1 fully saturated rings. The molecule has 0 saturated carbocycles. The number of rotatable bonds is 8. The fourth-order valence-electron chi connectivity index (χ4n) is 3.66. The molecule has 0 unspecified atom stereocenters. The minimum Gasteiger partial charge on any atom is -0.505 e. The molecule has 0 radical (unpaired) electrons. The molecule has 4 N–H and O–H groups in total. The van der Waals surface area contributed by atoms with E-state index in [4.69, 9.17) is 9.47 Å². The van der Waals surface area contributed by atoms with Crippen LogP contribution in [0.5, 0.6) is 5.75 Å². The summed E-state index contributed by atoms with van der Waals surface area (Å²) in [6.07, 6.45) is -1.10. The molecule has 5 atom stereocenters. The Kier molecular flexibility index (Phi) is 9.22. The van der Waals surface area contributed by atoms with Crippen LogP contribution in [-0.2, 0) is 23.9 Å². The highest BCUT2D eigenvalue weighted by Gasteiger charge is 2.41. The van der Waals surface area contributed by atoms with Crippen LogP contribution in [0.4, 0.5) is 5.69 Å². The summed E-state index contributed by atoms with van der Waals surface area (Å²) in [6.45, 7) is 7.02. The summed E-state index contributed by atoms with van der Waals surface area (Å²) in [4.78, 5) is 49.0. The number of cyclic esters (lactones) is 2. The Morgan fingerprint density at radius 1 is 1.15 bits per heavy atom. The van der Waals surface area contributed by atoms with Crippen LogP contribution in [0.15, 0.2) is 18.2 Å². The van der Waals surface area contributed by atoms with Gasteiger partial charge in [0, 0.05) is 0 Å². The number of para-hydroxylation sites is 1. The lowest BCUT2D eigenvalue weighted by atomic mass is 9.91. The second kappa shape index (κ2) is 11.6. The normalized spacial score (nSPS) is 25.8. The van der Waals surface area contributed by atoms with Crippen molar-refractivity contribution in [2.75, 3.05) is 5.32 Å². The van der Waals surface area contributed by atoms with Gasteiger partial charge in [0.2, 0.25) is 6.41 Å². The number of phenolic OH excluding ortho intramolecular Hbond substituents is 1. The number of benzene rings is 1. The number of phenols is 1. The van der Waals surface area contributed by atoms with E-state index < -0.39 is 53.9 Å². The molecule has 1 saturated heterocycles. The number of nitrogens with one attached hydrogen (secondary N) is 2. The molecule has 1 aromatic rings. The van der Waals surface area contributed by atoms with Gasteiger partial charge in [0.05, 0.1) is 17.2 Å². The minimum absolute atomic E-state index is 0.00940. The van der Waals surface area contributed by atoms with Gasteiger partial charge < -0.3 is 30.3 Å². The molecular formula is C23H32N2O8. The number of aliphatic hydroxyl groups excluding tert-OH is 1. The Hall–Kier alpha value is -3.14. The Morgan fingerprint density at radius 3 is 2.45 bits per heavy atom. The third-order valence-electron chi connectivity index (χ3n) is 5.60.